The van der Waals surface area contributed by atoms with Crippen molar-refractivity contribution in [3.05, 3.63) is 0 Å². The van der Waals surface area contributed by atoms with E-state index in [1.807, 2.05) is 0 Å². The molecule has 2 atom stereocenters. The Hall–Kier alpha value is -0.0800. The van der Waals surface area contributed by atoms with Crippen LogP contribution in [0.4, 0.5) is 0 Å². The van der Waals surface area contributed by atoms with Crippen LogP contribution in [-0.4, -0.2) is 30.6 Å². The summed E-state index contributed by atoms with van der Waals surface area (Å²) in [4.78, 5) is 2.43. The lowest BCUT2D eigenvalue weighted by atomic mass is 9.93. The Balaban J connectivity index is 4.27. The van der Waals surface area contributed by atoms with Crippen LogP contribution in [0.25, 0.3) is 0 Å². The summed E-state index contributed by atoms with van der Waals surface area (Å²) in [7, 11) is 2.20. The second-order valence-corrected chi connectivity index (χ2v) is 5.90. The molecular weight excluding hydrogens is 184 g/mol. The molecule has 0 amide bonds. The molecule has 0 fully saturated rings. The van der Waals surface area contributed by atoms with Crippen molar-refractivity contribution >= 4 is 0 Å². The van der Waals surface area contributed by atoms with Crippen LogP contribution in [0.2, 0.25) is 0 Å². The van der Waals surface area contributed by atoms with E-state index in [1.165, 1.54) is 6.42 Å². The second-order valence-electron chi connectivity index (χ2n) is 5.90. The Labute approximate surface area is 96.2 Å². The highest BCUT2D eigenvalue weighted by Gasteiger charge is 2.23. The van der Waals surface area contributed by atoms with Gasteiger partial charge in [-0.2, -0.15) is 0 Å². The number of nitrogens with zero attached hydrogens (tertiary/aromatic N) is 1. The number of rotatable bonds is 6. The molecule has 0 bridgehead atoms. The summed E-state index contributed by atoms with van der Waals surface area (Å²) in [6.45, 7) is 12.4. The molecule has 0 rings (SSSR count). The van der Waals surface area contributed by atoms with Gasteiger partial charge in [0.15, 0.2) is 0 Å². The summed E-state index contributed by atoms with van der Waals surface area (Å²) in [5, 5.41) is 0. The molecule has 0 aromatic rings. The van der Waals surface area contributed by atoms with E-state index < -0.39 is 0 Å². The topological polar surface area (TPSA) is 29.3 Å². The molecule has 0 radical (unpaired) electrons. The van der Waals surface area contributed by atoms with Crippen LogP contribution in [0.15, 0.2) is 0 Å². The van der Waals surface area contributed by atoms with Crippen molar-refractivity contribution in [1.82, 2.24) is 4.90 Å². The van der Waals surface area contributed by atoms with Crippen molar-refractivity contribution in [3.63, 3.8) is 0 Å². The second kappa shape index (κ2) is 6.49. The number of likely N-dealkylation sites (N-methyl/N-ethyl adjacent to an activating group) is 1. The normalized spacial score (nSPS) is 16.8. The lowest BCUT2D eigenvalue weighted by molar-refractivity contribution is 0.145. The summed E-state index contributed by atoms with van der Waals surface area (Å²) in [5.41, 5.74) is 6.57. The fourth-order valence-corrected chi connectivity index (χ4v) is 2.33. The third kappa shape index (κ3) is 6.16. The molecular formula is C13H30N2. The van der Waals surface area contributed by atoms with E-state index in [9.17, 15) is 0 Å². The van der Waals surface area contributed by atoms with Crippen molar-refractivity contribution in [1.29, 1.82) is 0 Å². The maximum atomic E-state index is 6.22. The summed E-state index contributed by atoms with van der Waals surface area (Å²) in [5.74, 6) is 0. The van der Waals surface area contributed by atoms with Gasteiger partial charge in [0, 0.05) is 18.6 Å². The molecule has 0 saturated heterocycles. The first-order valence-corrected chi connectivity index (χ1v) is 6.27. The minimum atomic E-state index is 0.326. The number of hydrogen-bond donors (Lipinski definition) is 1. The first kappa shape index (κ1) is 14.9. The summed E-state index contributed by atoms with van der Waals surface area (Å²) in [6, 6.07) is 0.858. The Morgan fingerprint density at radius 3 is 2.07 bits per heavy atom. The van der Waals surface area contributed by atoms with Gasteiger partial charge in [-0.3, -0.25) is 0 Å². The lowest BCUT2D eigenvalue weighted by Gasteiger charge is -2.36. The minimum absolute atomic E-state index is 0.326. The van der Waals surface area contributed by atoms with Gasteiger partial charge in [-0.15, -0.1) is 0 Å². The molecule has 0 heterocycles. The zero-order chi connectivity index (χ0) is 12.1. The highest BCUT2D eigenvalue weighted by molar-refractivity contribution is 4.81. The molecule has 2 unspecified atom stereocenters. The Morgan fingerprint density at radius 1 is 1.20 bits per heavy atom. The van der Waals surface area contributed by atoms with Gasteiger partial charge >= 0.3 is 0 Å². The summed E-state index contributed by atoms with van der Waals surface area (Å²) >= 11 is 0. The van der Waals surface area contributed by atoms with Crippen LogP contribution in [0.1, 0.15) is 53.9 Å². The molecule has 0 spiro atoms. The van der Waals surface area contributed by atoms with E-state index in [2.05, 4.69) is 46.6 Å². The monoisotopic (exact) mass is 214 g/mol. The molecule has 2 nitrogen and oxygen atoms in total. The molecule has 0 aliphatic carbocycles. The third-order valence-corrected chi connectivity index (χ3v) is 2.82. The fraction of sp³-hybridized carbons (Fsp3) is 1.00. The average Bonchev–Trinajstić information content (AvgIpc) is 2.02. The maximum Gasteiger partial charge on any atom is 0.0241 e. The van der Waals surface area contributed by atoms with Gasteiger partial charge in [0.25, 0.3) is 0 Å². The highest BCUT2D eigenvalue weighted by Crippen LogP contribution is 2.18. The Morgan fingerprint density at radius 2 is 1.73 bits per heavy atom. The first-order valence-electron chi connectivity index (χ1n) is 6.27. The molecule has 0 aliphatic heterocycles. The van der Waals surface area contributed by atoms with Crippen LogP contribution in [0.3, 0.4) is 0 Å². The molecule has 0 aromatic carbocycles. The smallest absolute Gasteiger partial charge is 0.0241 e. The number of hydrogen-bond acceptors (Lipinski definition) is 2. The predicted molar refractivity (Wildman–Crippen MR) is 69.0 cm³/mol. The van der Waals surface area contributed by atoms with E-state index >= 15 is 0 Å². The van der Waals surface area contributed by atoms with Crippen LogP contribution in [-0.2, 0) is 0 Å². The molecule has 15 heavy (non-hydrogen) atoms. The van der Waals surface area contributed by atoms with Crippen LogP contribution < -0.4 is 5.73 Å². The minimum Gasteiger partial charge on any atom is -0.326 e. The van der Waals surface area contributed by atoms with Crippen LogP contribution >= 0.6 is 0 Å². The van der Waals surface area contributed by atoms with E-state index in [-0.39, 0.29) is 0 Å². The lowest BCUT2D eigenvalue weighted by Crippen LogP contribution is -2.48. The predicted octanol–water partition coefficient (Wildman–Crippen LogP) is 2.87. The van der Waals surface area contributed by atoms with Crippen molar-refractivity contribution in [2.24, 2.45) is 11.1 Å². The van der Waals surface area contributed by atoms with E-state index in [0.717, 1.165) is 19.4 Å². The molecule has 0 aliphatic rings. The zero-order valence-corrected chi connectivity index (χ0v) is 11.5. The van der Waals surface area contributed by atoms with Gasteiger partial charge < -0.3 is 10.6 Å². The zero-order valence-electron chi connectivity index (χ0n) is 11.5. The van der Waals surface area contributed by atoms with Crippen molar-refractivity contribution in [3.8, 4) is 0 Å². The largest absolute Gasteiger partial charge is 0.326 e. The standard InChI is InChI=1S/C13H30N2/c1-7-9-11(14)12(8-2)15(6)10-13(3,4)5/h11-12H,7-10,14H2,1-6H3. The average molecular weight is 214 g/mol. The maximum absolute atomic E-state index is 6.22. The van der Waals surface area contributed by atoms with Gasteiger partial charge in [-0.1, -0.05) is 41.0 Å². The fourth-order valence-electron chi connectivity index (χ4n) is 2.33. The summed E-state index contributed by atoms with van der Waals surface area (Å²) < 4.78 is 0. The Bertz CT molecular complexity index is 160. The van der Waals surface area contributed by atoms with Crippen molar-refractivity contribution in [2.45, 2.75) is 66.0 Å². The van der Waals surface area contributed by atoms with Crippen molar-refractivity contribution in [2.75, 3.05) is 13.6 Å². The quantitative estimate of drug-likeness (QED) is 0.736. The van der Waals surface area contributed by atoms with E-state index in [0.29, 0.717) is 17.5 Å². The molecule has 0 aromatic heterocycles. The van der Waals surface area contributed by atoms with Gasteiger partial charge in [-0.25, -0.2) is 0 Å². The molecule has 2 N–H and O–H groups in total. The van der Waals surface area contributed by atoms with Crippen molar-refractivity contribution < 1.29 is 0 Å². The molecule has 0 saturated carbocycles. The summed E-state index contributed by atoms with van der Waals surface area (Å²) in [6.07, 6.45) is 3.46. The van der Waals surface area contributed by atoms with E-state index in [1.54, 1.807) is 0 Å². The Kier molecular flexibility index (Phi) is 6.46. The van der Waals surface area contributed by atoms with Gasteiger partial charge in [-0.05, 0) is 25.3 Å². The highest BCUT2D eigenvalue weighted by atomic mass is 15.1. The van der Waals surface area contributed by atoms with E-state index in [4.69, 9.17) is 5.73 Å². The van der Waals surface area contributed by atoms with Gasteiger partial charge in [0.05, 0.1) is 0 Å². The van der Waals surface area contributed by atoms with Gasteiger partial charge in [0.2, 0.25) is 0 Å². The molecule has 2 heteroatoms. The third-order valence-electron chi connectivity index (χ3n) is 2.82. The van der Waals surface area contributed by atoms with Gasteiger partial charge in [0.1, 0.15) is 0 Å². The SMILES string of the molecule is CCCC(N)C(CC)N(C)CC(C)(C)C. The van der Waals surface area contributed by atoms with Crippen LogP contribution in [0, 0.1) is 5.41 Å². The number of nitrogens with two attached hydrogens (primary N) is 1. The van der Waals surface area contributed by atoms with Crippen LogP contribution in [0.5, 0.6) is 0 Å². The first-order chi connectivity index (χ1) is 6.81. The molecule has 92 valence electrons.